The van der Waals surface area contributed by atoms with Crippen LogP contribution in [-0.4, -0.2) is 31.3 Å². The zero-order valence-electron chi connectivity index (χ0n) is 16.6. The Morgan fingerprint density at radius 2 is 1.83 bits per heavy atom. The lowest BCUT2D eigenvalue weighted by molar-refractivity contribution is 0.0717. The molecule has 1 aromatic heterocycles. The van der Waals surface area contributed by atoms with Gasteiger partial charge in [-0.1, -0.05) is 48.5 Å². The minimum Gasteiger partial charge on any atom is -0.283 e. The molecule has 0 radical (unpaired) electrons. The Kier molecular flexibility index (Phi) is 5.44. The van der Waals surface area contributed by atoms with Crippen LogP contribution >= 0.6 is 11.3 Å². The van der Waals surface area contributed by atoms with E-state index in [9.17, 15) is 13.2 Å². The van der Waals surface area contributed by atoms with Gasteiger partial charge in [-0.2, -0.15) is 5.10 Å². The van der Waals surface area contributed by atoms with Crippen LogP contribution in [0, 0.1) is 6.92 Å². The van der Waals surface area contributed by atoms with E-state index >= 15 is 0 Å². The van der Waals surface area contributed by atoms with Gasteiger partial charge in [-0.3, -0.25) is 9.52 Å². The van der Waals surface area contributed by atoms with Crippen LogP contribution in [-0.2, 0) is 10.0 Å². The Labute approximate surface area is 179 Å². The van der Waals surface area contributed by atoms with Crippen LogP contribution in [0.2, 0.25) is 0 Å². The summed E-state index contributed by atoms with van der Waals surface area (Å²) in [6, 6.07) is 18.2. The standard InChI is InChI=1S/C22H21N3O3S2/c1-15-8-3-4-9-16(15)19-14-20(25(23-19)22(26)21-12-7-13-29-21)17-10-5-6-11-18(17)24-30(2,27)28/h3-13,20,24H,14H2,1-2H3/t20-/m0/s1. The second kappa shape index (κ2) is 8.04. The summed E-state index contributed by atoms with van der Waals surface area (Å²) in [5, 5.41) is 8.03. The maximum absolute atomic E-state index is 13.2. The summed E-state index contributed by atoms with van der Waals surface area (Å²) in [5.74, 6) is -0.201. The molecule has 3 aromatic rings. The Morgan fingerprint density at radius 3 is 2.53 bits per heavy atom. The van der Waals surface area contributed by atoms with Crippen LogP contribution in [0.25, 0.3) is 0 Å². The van der Waals surface area contributed by atoms with E-state index in [1.54, 1.807) is 18.2 Å². The number of nitrogens with zero attached hydrogens (tertiary/aromatic N) is 2. The van der Waals surface area contributed by atoms with Crippen molar-refractivity contribution in [3.05, 3.63) is 87.6 Å². The lowest BCUT2D eigenvalue weighted by Gasteiger charge is -2.23. The quantitative estimate of drug-likeness (QED) is 0.639. The van der Waals surface area contributed by atoms with Gasteiger partial charge in [0.2, 0.25) is 10.0 Å². The molecule has 0 unspecified atom stereocenters. The Morgan fingerprint density at radius 1 is 1.10 bits per heavy atom. The molecule has 0 bridgehead atoms. The first-order valence-corrected chi connectivity index (χ1v) is 12.2. The SMILES string of the molecule is Cc1ccccc1C1=NN(C(=O)c2cccs2)[C@H](c2ccccc2NS(C)(=O)=O)C1. The number of nitrogens with one attached hydrogen (secondary N) is 1. The molecule has 0 fully saturated rings. The van der Waals surface area contributed by atoms with Crippen LogP contribution < -0.4 is 4.72 Å². The van der Waals surface area contributed by atoms with Crippen molar-refractivity contribution in [1.29, 1.82) is 0 Å². The number of hydrazone groups is 1. The van der Waals surface area contributed by atoms with Crippen molar-refractivity contribution in [2.24, 2.45) is 5.10 Å². The minimum atomic E-state index is -3.47. The highest BCUT2D eigenvalue weighted by Gasteiger charge is 2.35. The van der Waals surface area contributed by atoms with Crippen LogP contribution in [0.1, 0.15) is 38.8 Å². The molecule has 4 rings (SSSR count). The van der Waals surface area contributed by atoms with Gasteiger partial charge in [0, 0.05) is 17.5 Å². The number of sulfonamides is 1. The first-order valence-electron chi connectivity index (χ1n) is 9.41. The Hall–Kier alpha value is -2.97. The molecule has 0 saturated carbocycles. The number of carbonyl (C=O) groups excluding carboxylic acids is 1. The van der Waals surface area contributed by atoms with Gasteiger partial charge in [-0.15, -0.1) is 11.3 Å². The van der Waals surface area contributed by atoms with Crippen molar-refractivity contribution in [2.75, 3.05) is 11.0 Å². The topological polar surface area (TPSA) is 78.8 Å². The number of aryl methyl sites for hydroxylation is 1. The molecule has 6 nitrogen and oxygen atoms in total. The number of amides is 1. The second-order valence-electron chi connectivity index (χ2n) is 7.17. The van der Waals surface area contributed by atoms with E-state index in [2.05, 4.69) is 4.72 Å². The summed E-state index contributed by atoms with van der Waals surface area (Å²) >= 11 is 1.36. The molecule has 8 heteroatoms. The van der Waals surface area contributed by atoms with E-state index in [-0.39, 0.29) is 5.91 Å². The fraction of sp³-hybridized carbons (Fsp3) is 0.182. The maximum atomic E-state index is 13.2. The van der Waals surface area contributed by atoms with Crippen molar-refractivity contribution < 1.29 is 13.2 Å². The number of thiophene rings is 1. The molecule has 0 aliphatic carbocycles. The van der Waals surface area contributed by atoms with Crippen molar-refractivity contribution in [1.82, 2.24) is 5.01 Å². The van der Waals surface area contributed by atoms with Crippen molar-refractivity contribution in [2.45, 2.75) is 19.4 Å². The fourth-order valence-electron chi connectivity index (χ4n) is 3.59. The van der Waals surface area contributed by atoms with Crippen LogP contribution in [0.5, 0.6) is 0 Å². The van der Waals surface area contributed by atoms with Crippen LogP contribution in [0.3, 0.4) is 0 Å². The lowest BCUT2D eigenvalue weighted by Crippen LogP contribution is -2.27. The number of rotatable bonds is 5. The molecular formula is C22H21N3O3S2. The number of carbonyl (C=O) groups is 1. The summed E-state index contributed by atoms with van der Waals surface area (Å²) < 4.78 is 26.3. The second-order valence-corrected chi connectivity index (χ2v) is 9.87. The molecule has 154 valence electrons. The zero-order valence-corrected chi connectivity index (χ0v) is 18.2. The highest BCUT2D eigenvalue weighted by Crippen LogP contribution is 2.38. The zero-order chi connectivity index (χ0) is 21.3. The molecule has 1 N–H and O–H groups in total. The predicted molar refractivity (Wildman–Crippen MR) is 120 cm³/mol. The average molecular weight is 440 g/mol. The summed E-state index contributed by atoms with van der Waals surface area (Å²) in [5.41, 5.74) is 4.02. The number of para-hydroxylation sites is 1. The lowest BCUT2D eigenvalue weighted by atomic mass is 9.95. The average Bonchev–Trinajstić information content (AvgIpc) is 3.37. The number of benzene rings is 2. The molecule has 0 spiro atoms. The highest BCUT2D eigenvalue weighted by molar-refractivity contribution is 7.92. The van der Waals surface area contributed by atoms with E-state index in [0.29, 0.717) is 22.5 Å². The maximum Gasteiger partial charge on any atom is 0.284 e. The Bertz CT molecular complexity index is 1220. The molecule has 1 amide bonds. The smallest absolute Gasteiger partial charge is 0.283 e. The van der Waals surface area contributed by atoms with Gasteiger partial charge in [0.15, 0.2) is 0 Å². The molecule has 1 aliphatic heterocycles. The molecule has 2 aromatic carbocycles. The van der Waals surface area contributed by atoms with Gasteiger partial charge in [-0.05, 0) is 30.0 Å². The van der Waals surface area contributed by atoms with Gasteiger partial charge in [0.25, 0.3) is 5.91 Å². The molecule has 30 heavy (non-hydrogen) atoms. The number of hydrogen-bond acceptors (Lipinski definition) is 5. The van der Waals surface area contributed by atoms with Gasteiger partial charge in [0.05, 0.1) is 28.6 Å². The van der Waals surface area contributed by atoms with E-state index in [1.165, 1.54) is 16.3 Å². The van der Waals surface area contributed by atoms with Crippen molar-refractivity contribution in [3.63, 3.8) is 0 Å². The number of hydrogen-bond donors (Lipinski definition) is 1. The van der Waals surface area contributed by atoms with Gasteiger partial charge >= 0.3 is 0 Å². The molecule has 1 atom stereocenters. The van der Waals surface area contributed by atoms with Gasteiger partial charge < -0.3 is 0 Å². The third kappa shape index (κ3) is 4.15. The summed E-state index contributed by atoms with van der Waals surface area (Å²) in [4.78, 5) is 13.8. The van der Waals surface area contributed by atoms with Gasteiger partial charge in [-0.25, -0.2) is 13.4 Å². The predicted octanol–water partition coefficient (Wildman–Crippen LogP) is 4.42. The van der Waals surface area contributed by atoms with E-state index in [0.717, 1.165) is 23.1 Å². The van der Waals surface area contributed by atoms with E-state index in [4.69, 9.17) is 5.10 Å². The van der Waals surface area contributed by atoms with Crippen molar-refractivity contribution >= 4 is 38.7 Å². The highest BCUT2D eigenvalue weighted by atomic mass is 32.2. The number of anilines is 1. The molecular weight excluding hydrogens is 418 g/mol. The van der Waals surface area contributed by atoms with E-state index < -0.39 is 16.1 Å². The Balaban J connectivity index is 1.79. The molecule has 2 heterocycles. The van der Waals surface area contributed by atoms with Gasteiger partial charge in [0.1, 0.15) is 0 Å². The summed E-state index contributed by atoms with van der Waals surface area (Å²) in [6.45, 7) is 2.01. The largest absolute Gasteiger partial charge is 0.284 e. The van der Waals surface area contributed by atoms with Crippen LogP contribution in [0.4, 0.5) is 5.69 Å². The normalized spacial score (nSPS) is 16.4. The van der Waals surface area contributed by atoms with Crippen molar-refractivity contribution in [3.8, 4) is 0 Å². The first kappa shape index (κ1) is 20.3. The minimum absolute atomic E-state index is 0.201. The van der Waals surface area contributed by atoms with Crippen LogP contribution in [0.15, 0.2) is 71.1 Å². The fourth-order valence-corrected chi connectivity index (χ4v) is 4.83. The van der Waals surface area contributed by atoms with E-state index in [1.807, 2.05) is 54.8 Å². The third-order valence-corrected chi connectivity index (χ3v) is 6.37. The molecule has 1 aliphatic rings. The molecule has 0 saturated heterocycles. The summed E-state index contributed by atoms with van der Waals surface area (Å²) in [6.07, 6.45) is 1.60. The first-order chi connectivity index (χ1) is 14.3. The summed E-state index contributed by atoms with van der Waals surface area (Å²) in [7, 11) is -3.47. The monoisotopic (exact) mass is 439 g/mol. The third-order valence-electron chi connectivity index (χ3n) is 4.92.